The lowest BCUT2D eigenvalue weighted by molar-refractivity contribution is -0.130. The molecular weight excluding hydrogens is 128 g/mol. The summed E-state index contributed by atoms with van der Waals surface area (Å²) in [6.45, 7) is 0. The third-order valence-electron chi connectivity index (χ3n) is 0.536. The van der Waals surface area contributed by atoms with Gasteiger partial charge in [0.05, 0.1) is 0 Å². The molecule has 0 fully saturated rings. The average Bonchev–Trinajstić information content (AvgIpc) is 1.64. The molecule has 50 valence electrons. The van der Waals surface area contributed by atoms with Gasteiger partial charge in [-0.2, -0.15) is 0 Å². The molecule has 0 aliphatic heterocycles. The van der Waals surface area contributed by atoms with Crippen molar-refractivity contribution < 1.29 is 19.9 Å². The number of hydrogen-bond acceptors (Lipinski definition) is 4. The molecule has 0 aromatic rings. The summed E-state index contributed by atoms with van der Waals surface area (Å²) in [4.78, 5) is 19.7. The summed E-state index contributed by atoms with van der Waals surface area (Å²) in [5.74, 6) is -2.92. The Balaban J connectivity index is 4.38. The summed E-state index contributed by atoms with van der Waals surface area (Å²) in [5, 5.41) is 17.9. The van der Waals surface area contributed by atoms with E-state index in [0.29, 0.717) is 0 Å². The Hall–Kier alpha value is -1.59. The number of rotatable bonds is 2. The van der Waals surface area contributed by atoms with E-state index in [1.165, 1.54) is 0 Å². The van der Waals surface area contributed by atoms with Gasteiger partial charge in [0.15, 0.2) is 0 Å². The molecule has 6 heteroatoms. The average molecular weight is 132 g/mol. The molecule has 0 rings (SSSR count). The van der Waals surface area contributed by atoms with Gasteiger partial charge in [-0.15, -0.1) is 0 Å². The highest BCUT2D eigenvalue weighted by atomic mass is 16.4. The predicted octanol–water partition coefficient (Wildman–Crippen LogP) is -1.61. The first kappa shape index (κ1) is 7.41. The van der Waals surface area contributed by atoms with Crippen molar-refractivity contribution >= 4 is 17.6 Å². The second kappa shape index (κ2) is 2.65. The van der Waals surface area contributed by atoms with Crippen molar-refractivity contribution in [3.63, 3.8) is 0 Å². The van der Waals surface area contributed by atoms with Gasteiger partial charge >= 0.3 is 5.97 Å². The van der Waals surface area contributed by atoms with Crippen LogP contribution in [0.5, 0.6) is 0 Å². The van der Waals surface area contributed by atoms with E-state index in [1.807, 2.05) is 0 Å². The predicted molar refractivity (Wildman–Crippen MR) is 26.1 cm³/mol. The Morgan fingerprint density at radius 2 is 1.89 bits per heavy atom. The minimum absolute atomic E-state index is 1.07. The number of carboxylic acid groups (broad SMARTS) is 1. The van der Waals surface area contributed by atoms with E-state index in [9.17, 15) is 9.59 Å². The SMILES string of the molecule is NC(=O)/C(=N/O)C(=O)O. The molecule has 0 heterocycles. The van der Waals surface area contributed by atoms with Crippen molar-refractivity contribution in [2.24, 2.45) is 10.9 Å². The summed E-state index contributed by atoms with van der Waals surface area (Å²) in [6.07, 6.45) is 0. The van der Waals surface area contributed by atoms with E-state index in [-0.39, 0.29) is 0 Å². The molecular formula is C3H4N2O4. The summed E-state index contributed by atoms with van der Waals surface area (Å²) < 4.78 is 0. The number of aliphatic carboxylic acids is 1. The van der Waals surface area contributed by atoms with Gasteiger partial charge in [-0.1, -0.05) is 5.16 Å². The largest absolute Gasteiger partial charge is 0.476 e. The van der Waals surface area contributed by atoms with Crippen LogP contribution in [0.2, 0.25) is 0 Å². The maximum absolute atomic E-state index is 9.92. The zero-order valence-electron chi connectivity index (χ0n) is 4.24. The number of hydrogen-bond donors (Lipinski definition) is 3. The van der Waals surface area contributed by atoms with Crippen LogP contribution in [0.4, 0.5) is 0 Å². The number of nitrogens with two attached hydrogens (primary N) is 1. The van der Waals surface area contributed by atoms with E-state index in [4.69, 9.17) is 10.3 Å². The normalized spacial score (nSPS) is 10.9. The molecule has 0 aliphatic rings. The number of primary amides is 1. The van der Waals surface area contributed by atoms with Crippen molar-refractivity contribution in [3.05, 3.63) is 0 Å². The van der Waals surface area contributed by atoms with Crippen LogP contribution in [0.25, 0.3) is 0 Å². The van der Waals surface area contributed by atoms with E-state index in [0.717, 1.165) is 0 Å². The van der Waals surface area contributed by atoms with Gasteiger partial charge in [0, 0.05) is 0 Å². The number of carbonyl (C=O) groups excluding carboxylic acids is 1. The van der Waals surface area contributed by atoms with Crippen LogP contribution in [0.15, 0.2) is 5.16 Å². The maximum atomic E-state index is 9.92. The molecule has 6 nitrogen and oxygen atoms in total. The molecule has 0 saturated carbocycles. The first-order valence-corrected chi connectivity index (χ1v) is 1.84. The number of carboxylic acids is 1. The minimum atomic E-state index is -1.65. The summed E-state index contributed by atoms with van der Waals surface area (Å²) in [6, 6.07) is 0. The topological polar surface area (TPSA) is 113 Å². The van der Waals surface area contributed by atoms with Crippen LogP contribution in [-0.2, 0) is 9.59 Å². The molecule has 0 bridgehead atoms. The molecule has 0 saturated heterocycles. The van der Waals surface area contributed by atoms with Crippen LogP contribution in [0, 0.1) is 0 Å². The molecule has 0 radical (unpaired) electrons. The molecule has 9 heavy (non-hydrogen) atoms. The van der Waals surface area contributed by atoms with Gasteiger partial charge in [0.2, 0.25) is 0 Å². The van der Waals surface area contributed by atoms with Gasteiger partial charge in [-0.3, -0.25) is 4.79 Å². The van der Waals surface area contributed by atoms with Gasteiger partial charge < -0.3 is 16.0 Å². The second-order valence-corrected chi connectivity index (χ2v) is 1.12. The number of amides is 1. The number of nitrogens with zero attached hydrogens (tertiary/aromatic N) is 1. The van der Waals surface area contributed by atoms with Crippen LogP contribution in [0.3, 0.4) is 0 Å². The molecule has 1 amide bonds. The van der Waals surface area contributed by atoms with Crippen LogP contribution < -0.4 is 5.73 Å². The van der Waals surface area contributed by atoms with Crippen molar-refractivity contribution in [3.8, 4) is 0 Å². The minimum Gasteiger partial charge on any atom is -0.476 e. The molecule has 4 N–H and O–H groups in total. The Bertz CT molecular complexity index is 157. The number of oxime groups is 1. The van der Waals surface area contributed by atoms with E-state index < -0.39 is 17.6 Å². The Morgan fingerprint density at radius 3 is 1.89 bits per heavy atom. The highest BCUT2D eigenvalue weighted by Crippen LogP contribution is 1.73. The number of carbonyl (C=O) groups is 2. The lowest BCUT2D eigenvalue weighted by Gasteiger charge is -1.87. The molecule has 0 atom stereocenters. The molecule has 0 spiro atoms. The Labute approximate surface area is 49.6 Å². The molecule has 0 unspecified atom stereocenters. The summed E-state index contributed by atoms with van der Waals surface area (Å²) >= 11 is 0. The monoisotopic (exact) mass is 132 g/mol. The molecule has 0 aromatic heterocycles. The van der Waals surface area contributed by atoms with Crippen LogP contribution >= 0.6 is 0 Å². The highest BCUT2D eigenvalue weighted by Gasteiger charge is 2.15. The summed E-state index contributed by atoms with van der Waals surface area (Å²) in [5.41, 5.74) is 3.36. The van der Waals surface area contributed by atoms with Gasteiger partial charge in [-0.05, 0) is 0 Å². The maximum Gasteiger partial charge on any atom is 0.363 e. The first-order valence-electron chi connectivity index (χ1n) is 1.84. The highest BCUT2D eigenvalue weighted by molar-refractivity contribution is 6.63. The second-order valence-electron chi connectivity index (χ2n) is 1.12. The molecule has 0 aromatic carbocycles. The third kappa shape index (κ3) is 1.76. The van der Waals surface area contributed by atoms with Crippen molar-refractivity contribution in [1.82, 2.24) is 0 Å². The Kier molecular flexibility index (Phi) is 2.18. The zero-order valence-corrected chi connectivity index (χ0v) is 4.24. The third-order valence-corrected chi connectivity index (χ3v) is 0.536. The standard InChI is InChI=1S/C3H4N2O4/c4-2(6)1(5-9)3(7)8/h9H,(H2,4,6)(H,7,8)/b5-1-. The quantitative estimate of drug-likeness (QED) is 0.181. The fourth-order valence-electron chi connectivity index (χ4n) is 0.197. The fourth-order valence-corrected chi connectivity index (χ4v) is 0.197. The zero-order chi connectivity index (χ0) is 7.44. The first-order chi connectivity index (χ1) is 4.09. The van der Waals surface area contributed by atoms with E-state index in [2.05, 4.69) is 10.9 Å². The van der Waals surface area contributed by atoms with Gasteiger partial charge in [0.1, 0.15) is 0 Å². The smallest absolute Gasteiger partial charge is 0.363 e. The lowest BCUT2D eigenvalue weighted by atomic mass is 10.4. The molecule has 0 aliphatic carbocycles. The van der Waals surface area contributed by atoms with Crippen molar-refractivity contribution in [2.75, 3.05) is 0 Å². The van der Waals surface area contributed by atoms with Crippen LogP contribution in [0.1, 0.15) is 0 Å². The lowest BCUT2D eigenvalue weighted by Crippen LogP contribution is -2.30. The van der Waals surface area contributed by atoms with Gasteiger partial charge in [0.25, 0.3) is 11.6 Å². The van der Waals surface area contributed by atoms with Crippen molar-refractivity contribution in [1.29, 1.82) is 0 Å². The Morgan fingerprint density at radius 1 is 1.44 bits per heavy atom. The fraction of sp³-hybridized carbons (Fsp3) is 0. The van der Waals surface area contributed by atoms with Crippen molar-refractivity contribution in [2.45, 2.75) is 0 Å². The summed E-state index contributed by atoms with van der Waals surface area (Å²) in [7, 11) is 0. The van der Waals surface area contributed by atoms with E-state index >= 15 is 0 Å². The van der Waals surface area contributed by atoms with Crippen LogP contribution in [-0.4, -0.2) is 27.9 Å². The van der Waals surface area contributed by atoms with Gasteiger partial charge in [-0.25, -0.2) is 4.79 Å². The van der Waals surface area contributed by atoms with E-state index in [1.54, 1.807) is 0 Å².